The fourth-order valence-corrected chi connectivity index (χ4v) is 2.66. The molecule has 0 bridgehead atoms. The average molecular weight is 322 g/mol. The van der Waals surface area contributed by atoms with E-state index in [-0.39, 0.29) is 5.78 Å². The van der Waals surface area contributed by atoms with Gasteiger partial charge in [0.25, 0.3) is 0 Å². The van der Waals surface area contributed by atoms with Crippen molar-refractivity contribution in [3.63, 3.8) is 0 Å². The molecule has 0 atom stereocenters. The number of aromatic nitrogens is 1. The summed E-state index contributed by atoms with van der Waals surface area (Å²) in [5, 5.41) is 4.00. The van der Waals surface area contributed by atoms with Gasteiger partial charge in [0.15, 0.2) is 16.6 Å². The Bertz CT molecular complexity index is 703. The zero-order valence-corrected chi connectivity index (χ0v) is 11.6. The van der Waals surface area contributed by atoms with E-state index >= 15 is 0 Å². The monoisotopic (exact) mass is 321 g/mol. The molecule has 0 amide bonds. The summed E-state index contributed by atoms with van der Waals surface area (Å²) in [7, 11) is 0. The van der Waals surface area contributed by atoms with Gasteiger partial charge in [0.05, 0.1) is 5.33 Å². The van der Waals surface area contributed by atoms with Gasteiger partial charge < -0.3 is 4.42 Å². The molecule has 5 heteroatoms. The van der Waals surface area contributed by atoms with Crippen LogP contribution in [0.1, 0.15) is 10.4 Å². The predicted molar refractivity (Wildman–Crippen MR) is 75.4 cm³/mol. The summed E-state index contributed by atoms with van der Waals surface area (Å²) in [6.45, 7) is 0. The lowest BCUT2D eigenvalue weighted by molar-refractivity contribution is 0.102. The van der Waals surface area contributed by atoms with Gasteiger partial charge in [0, 0.05) is 22.5 Å². The Kier molecular flexibility index (Phi) is 3.01. The van der Waals surface area contributed by atoms with E-state index in [1.54, 1.807) is 12.3 Å². The number of nitrogens with zero attached hydrogens (tertiary/aromatic N) is 1. The highest BCUT2D eigenvalue weighted by Gasteiger charge is 2.10. The quantitative estimate of drug-likeness (QED) is 0.538. The van der Waals surface area contributed by atoms with Gasteiger partial charge in [0.1, 0.15) is 5.58 Å². The molecule has 0 aliphatic carbocycles. The zero-order valence-electron chi connectivity index (χ0n) is 9.22. The molecule has 3 aromatic rings. The van der Waals surface area contributed by atoms with Gasteiger partial charge in [-0.1, -0.05) is 15.9 Å². The van der Waals surface area contributed by atoms with Crippen molar-refractivity contribution in [2.24, 2.45) is 0 Å². The molecule has 1 aromatic carbocycles. The van der Waals surface area contributed by atoms with Gasteiger partial charge in [0.2, 0.25) is 0 Å². The van der Waals surface area contributed by atoms with Crippen LogP contribution in [0.15, 0.2) is 40.3 Å². The number of furan rings is 1. The Morgan fingerprint density at radius 3 is 3.00 bits per heavy atom. The molecule has 0 saturated carbocycles. The van der Waals surface area contributed by atoms with E-state index in [1.165, 1.54) is 11.3 Å². The first-order valence-corrected chi connectivity index (χ1v) is 7.30. The second-order valence-electron chi connectivity index (χ2n) is 3.76. The van der Waals surface area contributed by atoms with E-state index in [2.05, 4.69) is 20.9 Å². The van der Waals surface area contributed by atoms with E-state index in [1.807, 2.05) is 23.6 Å². The summed E-state index contributed by atoms with van der Waals surface area (Å²) in [5.41, 5.74) is 1.46. The van der Waals surface area contributed by atoms with Crippen LogP contribution in [0.3, 0.4) is 0 Å². The zero-order chi connectivity index (χ0) is 12.5. The van der Waals surface area contributed by atoms with Crippen molar-refractivity contribution in [2.75, 3.05) is 5.33 Å². The Morgan fingerprint density at radius 2 is 2.28 bits per heavy atom. The summed E-state index contributed by atoms with van der Waals surface area (Å²) >= 11 is 4.70. The predicted octanol–water partition coefficient (Wildman–Crippen LogP) is 4.13. The third-order valence-electron chi connectivity index (χ3n) is 2.60. The summed E-state index contributed by atoms with van der Waals surface area (Å²) < 4.78 is 5.71. The van der Waals surface area contributed by atoms with Gasteiger partial charge >= 0.3 is 0 Å². The minimum absolute atomic E-state index is 0.0638. The standard InChI is InChI=1S/C13H8BrNO2S/c14-7-10(16)8-1-2-11-9(5-8)6-12(17-11)13-15-3-4-18-13/h1-6H,7H2. The molecule has 0 saturated heterocycles. The van der Waals surface area contributed by atoms with Crippen molar-refractivity contribution in [2.45, 2.75) is 0 Å². The summed E-state index contributed by atoms with van der Waals surface area (Å²) in [6.07, 6.45) is 1.74. The van der Waals surface area contributed by atoms with Crippen LogP contribution in [-0.4, -0.2) is 16.1 Å². The fraction of sp³-hybridized carbons (Fsp3) is 0.0769. The Labute approximate surface area is 116 Å². The lowest BCUT2D eigenvalue weighted by atomic mass is 10.1. The third kappa shape index (κ3) is 2.00. The van der Waals surface area contributed by atoms with Crippen molar-refractivity contribution in [3.05, 3.63) is 41.4 Å². The maximum atomic E-state index is 11.6. The lowest BCUT2D eigenvalue weighted by Gasteiger charge is -1.95. The second kappa shape index (κ2) is 4.66. The minimum Gasteiger partial charge on any atom is -0.454 e. The Balaban J connectivity index is 2.10. The Morgan fingerprint density at radius 1 is 1.39 bits per heavy atom. The van der Waals surface area contributed by atoms with Crippen molar-refractivity contribution in [3.8, 4) is 10.8 Å². The molecule has 0 N–H and O–H groups in total. The number of halogens is 1. The van der Waals surface area contributed by atoms with Crippen molar-refractivity contribution in [1.82, 2.24) is 4.98 Å². The first-order valence-electron chi connectivity index (χ1n) is 5.30. The lowest BCUT2D eigenvalue weighted by Crippen LogP contribution is -1.98. The molecular formula is C13H8BrNO2S. The number of alkyl halides is 1. The molecule has 18 heavy (non-hydrogen) atoms. The largest absolute Gasteiger partial charge is 0.454 e. The number of fused-ring (bicyclic) bond motifs is 1. The van der Waals surface area contributed by atoms with Crippen LogP contribution in [0, 0.1) is 0 Å². The molecule has 2 aromatic heterocycles. The van der Waals surface area contributed by atoms with Crippen LogP contribution in [0.4, 0.5) is 0 Å². The number of ketones is 1. The number of carbonyl (C=O) groups excluding carboxylic acids is 1. The van der Waals surface area contributed by atoms with Crippen molar-refractivity contribution >= 4 is 44.0 Å². The molecule has 3 rings (SSSR count). The highest BCUT2D eigenvalue weighted by Crippen LogP contribution is 2.29. The third-order valence-corrected chi connectivity index (χ3v) is 3.90. The van der Waals surface area contributed by atoms with E-state index in [0.29, 0.717) is 10.9 Å². The van der Waals surface area contributed by atoms with Crippen molar-refractivity contribution < 1.29 is 9.21 Å². The first-order chi connectivity index (χ1) is 8.78. The molecule has 0 aliphatic heterocycles. The molecule has 0 aliphatic rings. The van der Waals surface area contributed by atoms with Crippen LogP contribution in [0.25, 0.3) is 21.7 Å². The van der Waals surface area contributed by atoms with E-state index in [0.717, 1.165) is 21.7 Å². The maximum Gasteiger partial charge on any atom is 0.173 e. The highest BCUT2D eigenvalue weighted by molar-refractivity contribution is 9.09. The van der Waals surface area contributed by atoms with Crippen LogP contribution in [0.5, 0.6) is 0 Å². The Hall–Kier alpha value is -1.46. The van der Waals surface area contributed by atoms with Gasteiger partial charge in [-0.3, -0.25) is 4.79 Å². The number of Topliss-reactive ketones (excluding diaryl/α,β-unsaturated/α-hetero) is 1. The van der Waals surface area contributed by atoms with Crippen LogP contribution < -0.4 is 0 Å². The summed E-state index contributed by atoms with van der Waals surface area (Å²) in [5.74, 6) is 0.803. The summed E-state index contributed by atoms with van der Waals surface area (Å²) in [6, 6.07) is 7.36. The van der Waals surface area contributed by atoms with E-state index < -0.39 is 0 Å². The number of thiazole rings is 1. The topological polar surface area (TPSA) is 43.1 Å². The normalized spacial score (nSPS) is 10.9. The molecule has 0 spiro atoms. The molecule has 0 unspecified atom stereocenters. The number of hydrogen-bond acceptors (Lipinski definition) is 4. The molecular weight excluding hydrogens is 314 g/mol. The van der Waals surface area contributed by atoms with Crippen molar-refractivity contribution in [1.29, 1.82) is 0 Å². The molecule has 0 radical (unpaired) electrons. The number of benzene rings is 1. The van der Waals surface area contributed by atoms with Crippen LogP contribution >= 0.6 is 27.3 Å². The van der Waals surface area contributed by atoms with Crippen LogP contribution in [0.2, 0.25) is 0 Å². The molecule has 2 heterocycles. The van der Waals surface area contributed by atoms with E-state index in [4.69, 9.17) is 4.42 Å². The molecule has 0 fully saturated rings. The second-order valence-corrected chi connectivity index (χ2v) is 5.21. The van der Waals surface area contributed by atoms with Gasteiger partial charge in [-0.25, -0.2) is 4.98 Å². The number of hydrogen-bond donors (Lipinski definition) is 0. The fourth-order valence-electron chi connectivity index (χ4n) is 1.74. The maximum absolute atomic E-state index is 11.6. The number of rotatable bonds is 3. The average Bonchev–Trinajstić information content (AvgIpc) is 3.04. The van der Waals surface area contributed by atoms with Gasteiger partial charge in [-0.15, -0.1) is 11.3 Å². The van der Waals surface area contributed by atoms with E-state index in [9.17, 15) is 4.79 Å². The first kappa shape index (κ1) is 11.6. The molecule has 90 valence electrons. The van der Waals surface area contributed by atoms with Crippen LogP contribution in [-0.2, 0) is 0 Å². The smallest absolute Gasteiger partial charge is 0.173 e. The SMILES string of the molecule is O=C(CBr)c1ccc2oc(-c3nccs3)cc2c1. The van der Waals surface area contributed by atoms with Gasteiger partial charge in [-0.05, 0) is 24.3 Å². The molecule has 3 nitrogen and oxygen atoms in total. The summed E-state index contributed by atoms with van der Waals surface area (Å²) in [4.78, 5) is 15.8. The minimum atomic E-state index is 0.0638. The van der Waals surface area contributed by atoms with Gasteiger partial charge in [-0.2, -0.15) is 0 Å². The number of carbonyl (C=O) groups is 1. The highest BCUT2D eigenvalue weighted by atomic mass is 79.9.